The number of carbonyl (C=O) groups is 1. The van der Waals surface area contributed by atoms with E-state index in [0.29, 0.717) is 0 Å². The Kier molecular flexibility index (Phi) is 9.91. The molecule has 0 aromatic heterocycles. The fourth-order valence-corrected chi connectivity index (χ4v) is 2.32. The van der Waals surface area contributed by atoms with E-state index in [0.717, 1.165) is 25.8 Å². The summed E-state index contributed by atoms with van der Waals surface area (Å²) in [5.74, 6) is 0.290. The van der Waals surface area contributed by atoms with E-state index >= 15 is 0 Å². The van der Waals surface area contributed by atoms with Gasteiger partial charge in [-0.2, -0.15) is 0 Å². The van der Waals surface area contributed by atoms with Crippen LogP contribution in [0, 0.1) is 11.3 Å². The van der Waals surface area contributed by atoms with Crippen LogP contribution in [0.4, 0.5) is 0 Å². The number of nitrogens with one attached hydrogen (secondary N) is 1. The van der Waals surface area contributed by atoms with Gasteiger partial charge in [0.05, 0.1) is 0 Å². The van der Waals surface area contributed by atoms with E-state index in [2.05, 4.69) is 26.1 Å². The molecule has 0 aromatic carbocycles. The zero-order valence-corrected chi connectivity index (χ0v) is 14.3. The molecule has 0 saturated carbocycles. The van der Waals surface area contributed by atoms with Crippen molar-refractivity contribution in [3.63, 3.8) is 0 Å². The summed E-state index contributed by atoms with van der Waals surface area (Å²) in [7, 11) is 0. The van der Waals surface area contributed by atoms with Gasteiger partial charge >= 0.3 is 0 Å². The zero-order valence-electron chi connectivity index (χ0n) is 14.3. The first-order valence-electron chi connectivity index (χ1n) is 8.32. The van der Waals surface area contributed by atoms with Crippen LogP contribution in [0.25, 0.3) is 0 Å². The molecule has 0 spiro atoms. The Hall–Kier alpha value is -0.570. The lowest BCUT2D eigenvalue weighted by Gasteiger charge is -2.26. The molecule has 2 unspecified atom stereocenters. The molecule has 0 fully saturated rings. The van der Waals surface area contributed by atoms with Gasteiger partial charge in [-0.15, -0.1) is 0 Å². The second kappa shape index (κ2) is 10.2. The van der Waals surface area contributed by atoms with Crippen molar-refractivity contribution in [1.29, 1.82) is 0 Å². The molecule has 0 radical (unpaired) electrons. The average molecular weight is 284 g/mol. The summed E-state index contributed by atoms with van der Waals surface area (Å²) in [5, 5.41) is 3.12. The Bertz CT molecular complexity index is 262. The maximum atomic E-state index is 12.1. The third-order valence-corrected chi connectivity index (χ3v) is 3.94. The van der Waals surface area contributed by atoms with Crippen LogP contribution in [0.2, 0.25) is 0 Å². The van der Waals surface area contributed by atoms with Crippen LogP contribution in [0.3, 0.4) is 0 Å². The van der Waals surface area contributed by atoms with Gasteiger partial charge < -0.3 is 11.1 Å². The molecule has 3 N–H and O–H groups in total. The molecule has 120 valence electrons. The largest absolute Gasteiger partial charge is 0.355 e. The van der Waals surface area contributed by atoms with Crippen LogP contribution in [0.5, 0.6) is 0 Å². The molecule has 0 aliphatic heterocycles. The van der Waals surface area contributed by atoms with E-state index < -0.39 is 0 Å². The molecule has 0 bridgehead atoms. The van der Waals surface area contributed by atoms with Crippen molar-refractivity contribution in [2.75, 3.05) is 6.54 Å². The van der Waals surface area contributed by atoms with Gasteiger partial charge in [-0.05, 0) is 31.6 Å². The van der Waals surface area contributed by atoms with Gasteiger partial charge in [0.15, 0.2) is 0 Å². The minimum atomic E-state index is 0.0974. The average Bonchev–Trinajstić information content (AvgIpc) is 2.35. The molecule has 3 nitrogen and oxygen atoms in total. The van der Waals surface area contributed by atoms with E-state index in [9.17, 15) is 4.79 Å². The molecular weight excluding hydrogens is 248 g/mol. The molecule has 20 heavy (non-hydrogen) atoms. The maximum absolute atomic E-state index is 12.1. The summed E-state index contributed by atoms with van der Waals surface area (Å²) in [4.78, 5) is 12.1. The van der Waals surface area contributed by atoms with Crippen LogP contribution < -0.4 is 11.1 Å². The van der Waals surface area contributed by atoms with Crippen molar-refractivity contribution in [3.8, 4) is 0 Å². The number of rotatable bonds is 11. The van der Waals surface area contributed by atoms with E-state index in [1.165, 1.54) is 25.7 Å². The number of carbonyl (C=O) groups excluding carboxylic acids is 1. The van der Waals surface area contributed by atoms with Crippen LogP contribution in [-0.2, 0) is 4.79 Å². The monoisotopic (exact) mass is 284 g/mol. The van der Waals surface area contributed by atoms with Crippen molar-refractivity contribution in [3.05, 3.63) is 0 Å². The quantitative estimate of drug-likeness (QED) is 0.566. The lowest BCUT2D eigenvalue weighted by molar-refractivity contribution is -0.125. The van der Waals surface area contributed by atoms with Gasteiger partial charge in [0.25, 0.3) is 0 Å². The van der Waals surface area contributed by atoms with E-state index in [1.807, 2.05) is 13.8 Å². The highest BCUT2D eigenvalue weighted by atomic mass is 16.1. The van der Waals surface area contributed by atoms with Crippen LogP contribution in [-0.4, -0.2) is 18.5 Å². The van der Waals surface area contributed by atoms with Gasteiger partial charge in [0.2, 0.25) is 5.91 Å². The molecule has 0 aromatic rings. The standard InChI is InChI=1S/C17H36N2O/c1-6-7-8-12-17(4,5)13-19-16(20)14(2)10-9-11-15(3)18/h14-15H,6-13,18H2,1-5H3,(H,19,20). The molecule has 0 aliphatic rings. The van der Waals surface area contributed by atoms with Crippen molar-refractivity contribution >= 4 is 5.91 Å². The van der Waals surface area contributed by atoms with Gasteiger partial charge in [-0.1, -0.05) is 53.4 Å². The number of unbranched alkanes of at least 4 members (excludes halogenated alkanes) is 2. The van der Waals surface area contributed by atoms with Crippen LogP contribution in [0.1, 0.15) is 79.6 Å². The number of hydrogen-bond donors (Lipinski definition) is 2. The Balaban J connectivity index is 3.89. The zero-order chi connectivity index (χ0) is 15.6. The summed E-state index contributed by atoms with van der Waals surface area (Å²) in [5.41, 5.74) is 5.93. The highest BCUT2D eigenvalue weighted by Crippen LogP contribution is 2.23. The molecule has 3 heteroatoms. The van der Waals surface area contributed by atoms with E-state index in [4.69, 9.17) is 5.73 Å². The first-order valence-corrected chi connectivity index (χ1v) is 8.32. The molecule has 0 saturated heterocycles. The fourth-order valence-electron chi connectivity index (χ4n) is 2.32. The molecular formula is C17H36N2O. The number of hydrogen-bond acceptors (Lipinski definition) is 2. The SMILES string of the molecule is CCCCCC(C)(C)CNC(=O)C(C)CCCC(C)N. The van der Waals surface area contributed by atoms with Crippen LogP contribution >= 0.6 is 0 Å². The summed E-state index contributed by atoms with van der Waals surface area (Å²) in [6, 6.07) is 0.239. The van der Waals surface area contributed by atoms with Crippen molar-refractivity contribution < 1.29 is 4.79 Å². The highest BCUT2D eigenvalue weighted by molar-refractivity contribution is 5.78. The molecule has 0 rings (SSSR count). The fraction of sp³-hybridized carbons (Fsp3) is 0.941. The molecule has 0 aliphatic carbocycles. The maximum Gasteiger partial charge on any atom is 0.222 e. The summed E-state index contributed by atoms with van der Waals surface area (Å²) >= 11 is 0. The topological polar surface area (TPSA) is 55.1 Å². The van der Waals surface area contributed by atoms with Crippen molar-refractivity contribution in [2.24, 2.45) is 17.1 Å². The molecule has 0 heterocycles. The summed E-state index contributed by atoms with van der Waals surface area (Å²) in [6.45, 7) is 11.5. The normalized spacial score (nSPS) is 14.9. The van der Waals surface area contributed by atoms with Gasteiger partial charge in [0.1, 0.15) is 0 Å². The molecule has 1 amide bonds. The van der Waals surface area contributed by atoms with E-state index in [1.54, 1.807) is 0 Å². The van der Waals surface area contributed by atoms with Gasteiger partial charge in [-0.3, -0.25) is 4.79 Å². The third kappa shape index (κ3) is 10.2. The highest BCUT2D eigenvalue weighted by Gasteiger charge is 2.20. The molecule has 2 atom stereocenters. The van der Waals surface area contributed by atoms with Gasteiger partial charge in [0, 0.05) is 18.5 Å². The van der Waals surface area contributed by atoms with Gasteiger partial charge in [-0.25, -0.2) is 0 Å². The first-order chi connectivity index (χ1) is 9.28. The predicted octanol–water partition coefficient (Wildman–Crippen LogP) is 3.86. The minimum absolute atomic E-state index is 0.0974. The minimum Gasteiger partial charge on any atom is -0.355 e. The number of amides is 1. The second-order valence-corrected chi connectivity index (χ2v) is 7.15. The lowest BCUT2D eigenvalue weighted by Crippen LogP contribution is -2.37. The second-order valence-electron chi connectivity index (χ2n) is 7.15. The van der Waals surface area contributed by atoms with Crippen molar-refractivity contribution in [1.82, 2.24) is 5.32 Å². The Morgan fingerprint density at radius 3 is 2.35 bits per heavy atom. The summed E-state index contributed by atoms with van der Waals surface area (Å²) < 4.78 is 0. The summed E-state index contributed by atoms with van der Waals surface area (Å²) in [6.07, 6.45) is 7.93. The van der Waals surface area contributed by atoms with E-state index in [-0.39, 0.29) is 23.3 Å². The Labute approximate surface area is 126 Å². The Morgan fingerprint density at radius 2 is 1.80 bits per heavy atom. The predicted molar refractivity (Wildman–Crippen MR) is 87.6 cm³/mol. The number of nitrogens with two attached hydrogens (primary N) is 1. The third-order valence-electron chi connectivity index (χ3n) is 3.94. The van der Waals surface area contributed by atoms with Crippen LogP contribution in [0.15, 0.2) is 0 Å². The lowest BCUT2D eigenvalue weighted by atomic mass is 9.86. The smallest absolute Gasteiger partial charge is 0.222 e. The van der Waals surface area contributed by atoms with Crippen molar-refractivity contribution in [2.45, 2.75) is 85.6 Å². The first kappa shape index (κ1) is 19.4. The Morgan fingerprint density at radius 1 is 1.15 bits per heavy atom.